The molecule has 0 spiro atoms. The normalized spacial score (nSPS) is 20.8. The summed E-state index contributed by atoms with van der Waals surface area (Å²) < 4.78 is 6.89. The molecule has 1 fully saturated rings. The number of aliphatic hydroxyl groups is 1. The summed E-state index contributed by atoms with van der Waals surface area (Å²) in [6, 6.07) is 22.3. The average molecular weight is 446 g/mol. The first-order chi connectivity index (χ1) is 16.0. The third kappa shape index (κ3) is 5.49. The maximum atomic E-state index is 13.5. The van der Waals surface area contributed by atoms with E-state index in [1.165, 1.54) is 5.56 Å². The summed E-state index contributed by atoms with van der Waals surface area (Å²) in [6.45, 7) is 2.87. The molecule has 0 saturated carbocycles. The number of hydrogen-bond acceptors (Lipinski definition) is 4. The molecule has 1 aliphatic rings. The van der Waals surface area contributed by atoms with E-state index in [1.54, 1.807) is 24.3 Å². The highest BCUT2D eigenvalue weighted by atomic mass is 16.6. The lowest BCUT2D eigenvalue weighted by Crippen LogP contribution is -2.55. The van der Waals surface area contributed by atoms with Crippen molar-refractivity contribution in [2.75, 3.05) is 26.7 Å². The van der Waals surface area contributed by atoms with Crippen LogP contribution in [0.3, 0.4) is 0 Å². The Morgan fingerprint density at radius 2 is 1.64 bits per heavy atom. The predicted octanol–water partition coefficient (Wildman–Crippen LogP) is 4.10. The number of pyridine rings is 1. The number of likely N-dealkylation sites (tertiary alicyclic amines) is 1. The van der Waals surface area contributed by atoms with Crippen molar-refractivity contribution < 1.29 is 19.1 Å². The fraction of sp³-hybridized carbons (Fsp3) is 0.357. The molecule has 33 heavy (non-hydrogen) atoms. The molecule has 1 aliphatic heterocycles. The van der Waals surface area contributed by atoms with E-state index in [4.69, 9.17) is 4.74 Å². The van der Waals surface area contributed by atoms with Gasteiger partial charge in [0.2, 0.25) is 5.60 Å². The van der Waals surface area contributed by atoms with Gasteiger partial charge in [0, 0.05) is 25.2 Å². The van der Waals surface area contributed by atoms with Crippen LogP contribution in [0.2, 0.25) is 0 Å². The van der Waals surface area contributed by atoms with Gasteiger partial charge in [-0.3, -0.25) is 4.98 Å². The highest BCUT2D eigenvalue weighted by molar-refractivity contribution is 5.85. The number of quaternary nitrogens is 1. The lowest BCUT2D eigenvalue weighted by molar-refractivity contribution is -0.917. The number of aromatic nitrogens is 1. The van der Waals surface area contributed by atoms with Gasteiger partial charge in [-0.05, 0) is 41.7 Å². The molecular formula is C28H33N2O3+. The minimum absolute atomic E-state index is 0.212. The molecule has 2 atom stereocenters. The quantitative estimate of drug-likeness (QED) is 0.419. The SMILES string of the molecule is C[N+]1(CCCc2ccncc2)CCCC(OC(=O)C(O)(c2ccccc2)c2ccccc2)C1. The Labute approximate surface area is 196 Å². The van der Waals surface area contributed by atoms with Crippen molar-refractivity contribution in [2.24, 2.45) is 0 Å². The summed E-state index contributed by atoms with van der Waals surface area (Å²) in [5.74, 6) is -0.602. The molecule has 1 saturated heterocycles. The Morgan fingerprint density at radius 1 is 1.03 bits per heavy atom. The first-order valence-corrected chi connectivity index (χ1v) is 11.8. The fourth-order valence-corrected chi connectivity index (χ4v) is 4.89. The van der Waals surface area contributed by atoms with Crippen LogP contribution < -0.4 is 0 Å². The summed E-state index contributed by atoms with van der Waals surface area (Å²) >= 11 is 0. The Morgan fingerprint density at radius 3 is 2.24 bits per heavy atom. The third-order valence-corrected chi connectivity index (χ3v) is 6.73. The van der Waals surface area contributed by atoms with E-state index < -0.39 is 11.6 Å². The van der Waals surface area contributed by atoms with Crippen LogP contribution in [-0.2, 0) is 21.6 Å². The van der Waals surface area contributed by atoms with E-state index in [2.05, 4.69) is 24.2 Å². The third-order valence-electron chi connectivity index (χ3n) is 6.73. The van der Waals surface area contributed by atoms with Crippen LogP contribution in [0.15, 0.2) is 85.2 Å². The Hall–Kier alpha value is -3.02. The van der Waals surface area contributed by atoms with Crippen LogP contribution in [0.5, 0.6) is 0 Å². The first-order valence-electron chi connectivity index (χ1n) is 11.8. The number of carbonyl (C=O) groups is 1. The second-order valence-corrected chi connectivity index (χ2v) is 9.32. The second-order valence-electron chi connectivity index (χ2n) is 9.32. The number of likely N-dealkylation sites (N-methyl/N-ethyl adjacent to an activating group) is 1. The monoisotopic (exact) mass is 445 g/mol. The molecule has 0 bridgehead atoms. The van der Waals surface area contributed by atoms with Gasteiger partial charge in [0.25, 0.3) is 0 Å². The first kappa shape index (κ1) is 23.1. The Bertz CT molecular complexity index is 987. The molecule has 5 nitrogen and oxygen atoms in total. The van der Waals surface area contributed by atoms with Crippen molar-refractivity contribution in [3.8, 4) is 0 Å². The number of hydrogen-bond donors (Lipinski definition) is 1. The Kier molecular flexibility index (Phi) is 7.21. The molecule has 0 aliphatic carbocycles. The zero-order valence-electron chi connectivity index (χ0n) is 19.3. The molecule has 1 aromatic heterocycles. The van der Waals surface area contributed by atoms with Crippen molar-refractivity contribution in [3.05, 3.63) is 102 Å². The predicted molar refractivity (Wildman–Crippen MR) is 128 cm³/mol. The number of esters is 1. The maximum absolute atomic E-state index is 13.5. The molecule has 172 valence electrons. The number of carbonyl (C=O) groups excluding carboxylic acids is 1. The largest absolute Gasteiger partial charge is 0.454 e. The van der Waals surface area contributed by atoms with Crippen molar-refractivity contribution in [1.29, 1.82) is 0 Å². The molecule has 2 heterocycles. The highest BCUT2D eigenvalue weighted by Gasteiger charge is 2.44. The van der Waals surface area contributed by atoms with Crippen molar-refractivity contribution in [2.45, 2.75) is 37.4 Å². The lowest BCUT2D eigenvalue weighted by Gasteiger charge is -2.41. The van der Waals surface area contributed by atoms with E-state index in [1.807, 2.05) is 48.8 Å². The van der Waals surface area contributed by atoms with Crippen molar-refractivity contribution in [1.82, 2.24) is 4.98 Å². The molecule has 0 radical (unpaired) electrons. The lowest BCUT2D eigenvalue weighted by atomic mass is 9.86. The van der Waals surface area contributed by atoms with Gasteiger partial charge in [0.1, 0.15) is 6.54 Å². The van der Waals surface area contributed by atoms with Gasteiger partial charge in [-0.1, -0.05) is 60.7 Å². The number of benzene rings is 2. The van der Waals surface area contributed by atoms with Gasteiger partial charge < -0.3 is 14.3 Å². The summed E-state index contributed by atoms with van der Waals surface area (Å²) in [7, 11) is 2.24. The molecule has 4 rings (SSSR count). The number of aryl methyl sites for hydroxylation is 1. The maximum Gasteiger partial charge on any atom is 0.348 e. The van der Waals surface area contributed by atoms with Crippen LogP contribution in [0.1, 0.15) is 36.0 Å². The number of nitrogens with zero attached hydrogens (tertiary/aromatic N) is 2. The average Bonchev–Trinajstić information content (AvgIpc) is 2.85. The Balaban J connectivity index is 1.44. The van der Waals surface area contributed by atoms with Crippen LogP contribution in [-0.4, -0.2) is 53.3 Å². The summed E-state index contributed by atoms with van der Waals surface area (Å²) in [5.41, 5.74) is 0.510. The molecule has 2 unspecified atom stereocenters. The van der Waals surface area contributed by atoms with E-state index in [0.717, 1.165) is 49.8 Å². The standard InChI is InChI=1S/C28H33N2O3/c1-30(20-8-10-23-16-18-29-19-17-23)21-9-15-26(22-30)33-27(31)28(32,24-11-4-2-5-12-24)25-13-6-3-7-14-25/h2-7,11-14,16-19,26,32H,8-10,15,20-22H2,1H3/q+1. The summed E-state index contributed by atoms with van der Waals surface area (Å²) in [5, 5.41) is 11.7. The van der Waals surface area contributed by atoms with E-state index in [-0.39, 0.29) is 6.10 Å². The van der Waals surface area contributed by atoms with Crippen LogP contribution in [0.4, 0.5) is 0 Å². The van der Waals surface area contributed by atoms with Crippen LogP contribution >= 0.6 is 0 Å². The van der Waals surface area contributed by atoms with Crippen molar-refractivity contribution >= 4 is 5.97 Å². The molecule has 3 aromatic rings. The number of ether oxygens (including phenoxy) is 1. The van der Waals surface area contributed by atoms with E-state index in [9.17, 15) is 9.90 Å². The minimum atomic E-state index is -1.83. The van der Waals surface area contributed by atoms with Gasteiger partial charge in [-0.2, -0.15) is 0 Å². The summed E-state index contributed by atoms with van der Waals surface area (Å²) in [6.07, 6.45) is 7.37. The van der Waals surface area contributed by atoms with Crippen molar-refractivity contribution in [3.63, 3.8) is 0 Å². The zero-order chi connectivity index (χ0) is 23.2. The molecule has 1 N–H and O–H groups in total. The molecule has 0 amide bonds. The summed E-state index contributed by atoms with van der Waals surface area (Å²) in [4.78, 5) is 17.5. The molecule has 2 aromatic carbocycles. The van der Waals surface area contributed by atoms with E-state index >= 15 is 0 Å². The van der Waals surface area contributed by atoms with Gasteiger partial charge in [0.05, 0.1) is 20.1 Å². The van der Waals surface area contributed by atoms with Gasteiger partial charge in [-0.15, -0.1) is 0 Å². The zero-order valence-corrected chi connectivity index (χ0v) is 19.3. The molecular weight excluding hydrogens is 412 g/mol. The van der Waals surface area contributed by atoms with Crippen LogP contribution in [0, 0.1) is 0 Å². The fourth-order valence-electron chi connectivity index (χ4n) is 4.89. The number of rotatable bonds is 8. The smallest absolute Gasteiger partial charge is 0.348 e. The van der Waals surface area contributed by atoms with Crippen LogP contribution in [0.25, 0.3) is 0 Å². The number of piperidine rings is 1. The van der Waals surface area contributed by atoms with Gasteiger partial charge >= 0.3 is 5.97 Å². The topological polar surface area (TPSA) is 59.4 Å². The van der Waals surface area contributed by atoms with E-state index in [0.29, 0.717) is 11.1 Å². The van der Waals surface area contributed by atoms with Gasteiger partial charge in [-0.25, -0.2) is 4.79 Å². The minimum Gasteiger partial charge on any atom is -0.454 e. The highest BCUT2D eigenvalue weighted by Crippen LogP contribution is 2.32. The second kappa shape index (κ2) is 10.3. The van der Waals surface area contributed by atoms with Gasteiger partial charge in [0.15, 0.2) is 6.10 Å². The molecule has 5 heteroatoms.